The first kappa shape index (κ1) is 13.8. The maximum Gasteiger partial charge on any atom is 0.254 e. The molecule has 0 spiro atoms. The minimum atomic E-state index is 0.601. The molecule has 0 radical (unpaired) electrons. The van der Waals surface area contributed by atoms with Gasteiger partial charge in [0.15, 0.2) is 0 Å². The van der Waals surface area contributed by atoms with Crippen molar-refractivity contribution in [2.24, 2.45) is 0 Å². The molecule has 19 heavy (non-hydrogen) atoms. The third-order valence-corrected chi connectivity index (χ3v) is 3.52. The molecule has 0 aliphatic rings. The van der Waals surface area contributed by atoms with Crippen molar-refractivity contribution in [1.82, 2.24) is 19.6 Å². The fourth-order valence-corrected chi connectivity index (χ4v) is 2.42. The highest BCUT2D eigenvalue weighted by atomic mass is 15.3. The zero-order valence-electron chi connectivity index (χ0n) is 11.9. The molecular weight excluding hydrogens is 238 g/mol. The molecule has 2 heterocycles. The van der Waals surface area contributed by atoms with Gasteiger partial charge in [0.05, 0.1) is 5.69 Å². The molecule has 0 saturated carbocycles. The number of hydrogen-bond donors (Lipinski definition) is 1. The van der Waals surface area contributed by atoms with Crippen LogP contribution in [0, 0.1) is 0 Å². The number of rotatable bonds is 7. The summed E-state index contributed by atoms with van der Waals surface area (Å²) in [6.07, 6.45) is 9.69. The molecule has 5 heteroatoms. The second-order valence-corrected chi connectivity index (χ2v) is 4.91. The lowest BCUT2D eigenvalue weighted by Gasteiger charge is -2.11. The van der Waals surface area contributed by atoms with Crippen molar-refractivity contribution in [3.05, 3.63) is 17.6 Å². The van der Waals surface area contributed by atoms with Gasteiger partial charge in [-0.15, -0.1) is 0 Å². The number of hydrogen-bond acceptors (Lipinski definition) is 4. The summed E-state index contributed by atoms with van der Waals surface area (Å²) in [6.45, 7) is 4.34. The molecule has 0 amide bonds. The van der Waals surface area contributed by atoms with Crippen LogP contribution in [0.4, 0.5) is 5.82 Å². The largest absolute Gasteiger partial charge is 0.383 e. The monoisotopic (exact) mass is 261 g/mol. The lowest BCUT2D eigenvalue weighted by molar-refractivity contribution is 0.629. The maximum absolute atomic E-state index is 6.20. The van der Waals surface area contributed by atoms with Crippen LogP contribution in [0.1, 0.15) is 57.2 Å². The molecule has 2 aromatic heterocycles. The lowest BCUT2D eigenvalue weighted by atomic mass is 10.0. The summed E-state index contributed by atoms with van der Waals surface area (Å²) in [4.78, 5) is 8.65. The number of unbranched alkanes of at least 4 members (excludes halogenated alkanes) is 4. The Bertz CT molecular complexity index is 532. The number of nitrogens with two attached hydrogens (primary N) is 1. The van der Waals surface area contributed by atoms with Gasteiger partial charge in [-0.25, -0.2) is 4.98 Å². The summed E-state index contributed by atoms with van der Waals surface area (Å²) < 4.78 is 1.64. The Balaban J connectivity index is 2.13. The second-order valence-electron chi connectivity index (χ2n) is 4.91. The van der Waals surface area contributed by atoms with Crippen molar-refractivity contribution in [3.63, 3.8) is 0 Å². The molecule has 2 rings (SSSR count). The highest BCUT2D eigenvalue weighted by Crippen LogP contribution is 2.20. The third kappa shape index (κ3) is 3.03. The number of anilines is 1. The zero-order valence-corrected chi connectivity index (χ0v) is 11.9. The summed E-state index contributed by atoms with van der Waals surface area (Å²) >= 11 is 0. The van der Waals surface area contributed by atoms with E-state index in [4.69, 9.17) is 5.73 Å². The van der Waals surface area contributed by atoms with E-state index in [0.29, 0.717) is 11.6 Å². The van der Waals surface area contributed by atoms with Gasteiger partial charge in [-0.2, -0.15) is 14.6 Å². The molecule has 0 aliphatic carbocycles. The van der Waals surface area contributed by atoms with E-state index in [1.165, 1.54) is 38.4 Å². The van der Waals surface area contributed by atoms with Crippen molar-refractivity contribution in [1.29, 1.82) is 0 Å². The Morgan fingerprint density at radius 1 is 1.16 bits per heavy atom. The Morgan fingerprint density at radius 2 is 1.95 bits per heavy atom. The van der Waals surface area contributed by atoms with Gasteiger partial charge in [-0.05, 0) is 19.3 Å². The molecule has 0 saturated heterocycles. The minimum Gasteiger partial charge on any atom is -0.383 e. The summed E-state index contributed by atoms with van der Waals surface area (Å²) in [6, 6.07) is 0. The first-order chi connectivity index (χ1) is 9.27. The van der Waals surface area contributed by atoms with Crippen molar-refractivity contribution in [3.8, 4) is 0 Å². The standard InChI is InChI=1S/C14H23N5/c1-3-5-6-7-8-9-11-12(4-2)18-14-16-10-17-19(14)13(11)15/h10H,3-9,15H2,1-2H3. The fourth-order valence-electron chi connectivity index (χ4n) is 2.42. The normalized spacial score (nSPS) is 11.3. The van der Waals surface area contributed by atoms with Gasteiger partial charge in [0, 0.05) is 5.56 Å². The smallest absolute Gasteiger partial charge is 0.254 e. The van der Waals surface area contributed by atoms with Gasteiger partial charge >= 0.3 is 0 Å². The van der Waals surface area contributed by atoms with Crippen LogP contribution < -0.4 is 5.73 Å². The number of nitrogens with zero attached hydrogens (tertiary/aromatic N) is 4. The van der Waals surface area contributed by atoms with E-state index in [2.05, 4.69) is 28.9 Å². The van der Waals surface area contributed by atoms with E-state index >= 15 is 0 Å². The SMILES string of the molecule is CCCCCCCc1c(CC)nc2ncnn2c1N. The topological polar surface area (TPSA) is 69.1 Å². The molecule has 104 valence electrons. The fraction of sp³-hybridized carbons (Fsp3) is 0.643. The quantitative estimate of drug-likeness (QED) is 0.778. The van der Waals surface area contributed by atoms with E-state index in [1.807, 2.05) is 0 Å². The minimum absolute atomic E-state index is 0.601. The number of aromatic nitrogens is 4. The van der Waals surface area contributed by atoms with Gasteiger partial charge in [0.25, 0.3) is 5.78 Å². The summed E-state index contributed by atoms with van der Waals surface area (Å²) in [5.41, 5.74) is 8.41. The summed E-state index contributed by atoms with van der Waals surface area (Å²) in [5, 5.41) is 4.13. The molecule has 0 aromatic carbocycles. The summed E-state index contributed by atoms with van der Waals surface area (Å²) in [7, 11) is 0. The van der Waals surface area contributed by atoms with Gasteiger partial charge in [0.1, 0.15) is 12.1 Å². The number of fused-ring (bicyclic) bond motifs is 1. The molecule has 0 atom stereocenters. The van der Waals surface area contributed by atoms with E-state index in [1.54, 1.807) is 4.52 Å². The van der Waals surface area contributed by atoms with E-state index in [9.17, 15) is 0 Å². The van der Waals surface area contributed by atoms with Crippen LogP contribution in [0.25, 0.3) is 5.78 Å². The maximum atomic E-state index is 6.20. The zero-order chi connectivity index (χ0) is 13.7. The van der Waals surface area contributed by atoms with Crippen LogP contribution in [-0.2, 0) is 12.8 Å². The average Bonchev–Trinajstić information content (AvgIpc) is 2.89. The van der Waals surface area contributed by atoms with Gasteiger partial charge in [-0.1, -0.05) is 39.5 Å². The highest BCUT2D eigenvalue weighted by Gasteiger charge is 2.12. The van der Waals surface area contributed by atoms with Gasteiger partial charge in [-0.3, -0.25) is 0 Å². The molecule has 2 aromatic rings. The Hall–Kier alpha value is -1.65. The van der Waals surface area contributed by atoms with E-state index in [0.717, 1.165) is 24.1 Å². The van der Waals surface area contributed by atoms with Crippen LogP contribution in [0.5, 0.6) is 0 Å². The van der Waals surface area contributed by atoms with Gasteiger partial charge < -0.3 is 5.73 Å². The predicted octanol–water partition coefficient (Wildman–Crippen LogP) is 2.78. The lowest BCUT2D eigenvalue weighted by Crippen LogP contribution is -2.10. The van der Waals surface area contributed by atoms with E-state index < -0.39 is 0 Å². The number of nitrogen functional groups attached to an aromatic ring is 1. The van der Waals surface area contributed by atoms with Crippen molar-refractivity contribution in [2.45, 2.75) is 58.8 Å². The van der Waals surface area contributed by atoms with Crippen LogP contribution >= 0.6 is 0 Å². The van der Waals surface area contributed by atoms with Gasteiger partial charge in [0.2, 0.25) is 0 Å². The molecule has 0 bridgehead atoms. The van der Waals surface area contributed by atoms with E-state index in [-0.39, 0.29) is 0 Å². The number of aryl methyl sites for hydroxylation is 1. The Kier molecular flexibility index (Phi) is 4.71. The molecule has 0 unspecified atom stereocenters. The third-order valence-electron chi connectivity index (χ3n) is 3.52. The summed E-state index contributed by atoms with van der Waals surface area (Å²) in [5.74, 6) is 1.30. The van der Waals surface area contributed by atoms with Crippen molar-refractivity contribution < 1.29 is 0 Å². The first-order valence-corrected chi connectivity index (χ1v) is 7.24. The van der Waals surface area contributed by atoms with Crippen LogP contribution in [0.15, 0.2) is 6.33 Å². The average molecular weight is 261 g/mol. The highest BCUT2D eigenvalue weighted by molar-refractivity contribution is 5.49. The van der Waals surface area contributed by atoms with Crippen LogP contribution in [-0.4, -0.2) is 19.6 Å². The molecule has 5 nitrogen and oxygen atoms in total. The van der Waals surface area contributed by atoms with Crippen molar-refractivity contribution >= 4 is 11.6 Å². The predicted molar refractivity (Wildman–Crippen MR) is 77.0 cm³/mol. The molecule has 0 aliphatic heterocycles. The van der Waals surface area contributed by atoms with Crippen LogP contribution in [0.2, 0.25) is 0 Å². The first-order valence-electron chi connectivity index (χ1n) is 7.24. The molecular formula is C14H23N5. The molecule has 2 N–H and O–H groups in total. The van der Waals surface area contributed by atoms with Crippen molar-refractivity contribution in [2.75, 3.05) is 5.73 Å². The Labute approximate surface area is 114 Å². The second kappa shape index (κ2) is 6.50. The Morgan fingerprint density at radius 3 is 2.68 bits per heavy atom. The van der Waals surface area contributed by atoms with Crippen LogP contribution in [0.3, 0.4) is 0 Å². The molecule has 0 fully saturated rings.